The highest BCUT2D eigenvalue weighted by atomic mass is 16.8. The van der Waals surface area contributed by atoms with E-state index in [9.17, 15) is 46.0 Å². The van der Waals surface area contributed by atoms with E-state index in [1.807, 2.05) is 0 Å². The number of rotatable bonds is 12. The fourth-order valence-corrected chi connectivity index (χ4v) is 5.85. The highest BCUT2D eigenvalue weighted by Gasteiger charge is 2.57. The van der Waals surface area contributed by atoms with Crippen molar-refractivity contribution >= 4 is 0 Å². The lowest BCUT2D eigenvalue weighted by Gasteiger charge is -2.46. The average Bonchev–Trinajstić information content (AvgIpc) is 3.46. The highest BCUT2D eigenvalue weighted by Crippen LogP contribution is 2.37. The third-order valence-corrected chi connectivity index (χ3v) is 8.23. The van der Waals surface area contributed by atoms with E-state index in [0.29, 0.717) is 0 Å². The summed E-state index contributed by atoms with van der Waals surface area (Å²) < 4.78 is 44.9. The molecule has 0 saturated carbocycles. The molecule has 0 radical (unpaired) electrons. The minimum atomic E-state index is -1.70. The van der Waals surface area contributed by atoms with Crippen molar-refractivity contribution in [3.05, 3.63) is 0 Å². The molecular formula is C24H40O18. The zero-order valence-corrected chi connectivity index (χ0v) is 22.4. The zero-order valence-electron chi connectivity index (χ0n) is 22.4. The summed E-state index contributed by atoms with van der Waals surface area (Å²) in [5.74, 6) is 0. The van der Waals surface area contributed by atoms with Crippen molar-refractivity contribution in [1.82, 2.24) is 0 Å². The van der Waals surface area contributed by atoms with Crippen molar-refractivity contribution in [1.29, 1.82) is 0 Å². The van der Waals surface area contributed by atoms with Gasteiger partial charge in [-0.1, -0.05) is 0 Å². The molecule has 0 aromatic carbocycles. The van der Waals surface area contributed by atoms with Crippen LogP contribution in [0.25, 0.3) is 0 Å². The molecule has 18 atom stereocenters. The van der Waals surface area contributed by atoms with Gasteiger partial charge in [-0.05, 0) is 6.42 Å². The Bertz CT molecular complexity index is 869. The molecule has 5 fully saturated rings. The molecule has 42 heavy (non-hydrogen) atoms. The van der Waals surface area contributed by atoms with Crippen molar-refractivity contribution in [3.63, 3.8) is 0 Å². The molecule has 0 aromatic heterocycles. The average molecular weight is 617 g/mol. The maximum Gasteiger partial charge on any atom is 0.187 e. The normalized spacial score (nSPS) is 49.1. The summed E-state index contributed by atoms with van der Waals surface area (Å²) >= 11 is 0. The molecule has 18 nitrogen and oxygen atoms in total. The summed E-state index contributed by atoms with van der Waals surface area (Å²) in [4.78, 5) is 0. The number of aliphatic hydroxyl groups excluding tert-OH is 10. The summed E-state index contributed by atoms with van der Waals surface area (Å²) in [6.07, 6.45) is -23.7. The number of hydrogen-bond acceptors (Lipinski definition) is 18. The maximum absolute atomic E-state index is 11.1. The Morgan fingerprint density at radius 3 is 1.95 bits per heavy atom. The molecule has 9 unspecified atom stereocenters. The van der Waals surface area contributed by atoms with Crippen LogP contribution in [0.1, 0.15) is 6.42 Å². The third-order valence-electron chi connectivity index (χ3n) is 8.23. The molecule has 5 aliphatic heterocycles. The second-order valence-electron chi connectivity index (χ2n) is 11.0. The summed E-state index contributed by atoms with van der Waals surface area (Å²) in [7, 11) is 0. The zero-order chi connectivity index (χ0) is 30.3. The van der Waals surface area contributed by atoms with Crippen LogP contribution in [0.2, 0.25) is 0 Å². The van der Waals surface area contributed by atoms with Gasteiger partial charge in [0.15, 0.2) is 18.9 Å². The fraction of sp³-hybridized carbons (Fsp3) is 1.00. The molecule has 18 heteroatoms. The molecule has 4 bridgehead atoms. The van der Waals surface area contributed by atoms with E-state index < -0.39 is 130 Å². The summed E-state index contributed by atoms with van der Waals surface area (Å²) in [6.45, 7) is -1.59. The molecule has 5 rings (SSSR count). The van der Waals surface area contributed by atoms with Crippen molar-refractivity contribution in [2.24, 2.45) is 0 Å². The fourth-order valence-electron chi connectivity index (χ4n) is 5.85. The minimum absolute atomic E-state index is 0.00833. The van der Waals surface area contributed by atoms with Crippen LogP contribution in [-0.2, 0) is 37.9 Å². The van der Waals surface area contributed by atoms with Gasteiger partial charge in [0.1, 0.15) is 85.5 Å². The first-order valence-electron chi connectivity index (χ1n) is 13.8. The van der Waals surface area contributed by atoms with Gasteiger partial charge >= 0.3 is 0 Å². The van der Waals surface area contributed by atoms with Crippen molar-refractivity contribution in [2.75, 3.05) is 33.0 Å². The van der Waals surface area contributed by atoms with Gasteiger partial charge < -0.3 is 89.0 Å². The Kier molecular flexibility index (Phi) is 10.7. The number of aliphatic hydroxyl groups is 10. The van der Waals surface area contributed by atoms with Gasteiger partial charge in [-0.25, -0.2) is 0 Å². The topological polar surface area (TPSA) is 276 Å². The van der Waals surface area contributed by atoms with Crippen LogP contribution in [0.15, 0.2) is 0 Å². The van der Waals surface area contributed by atoms with Gasteiger partial charge in [-0.2, -0.15) is 0 Å². The first-order chi connectivity index (χ1) is 20.0. The second-order valence-corrected chi connectivity index (χ2v) is 11.0. The molecule has 10 N–H and O–H groups in total. The molecule has 244 valence electrons. The minimum Gasteiger partial charge on any atom is -0.396 e. The first-order valence-corrected chi connectivity index (χ1v) is 13.8. The van der Waals surface area contributed by atoms with Crippen molar-refractivity contribution in [3.8, 4) is 0 Å². The van der Waals surface area contributed by atoms with Crippen LogP contribution in [0.3, 0.4) is 0 Å². The van der Waals surface area contributed by atoms with Gasteiger partial charge in [-0.3, -0.25) is 0 Å². The predicted octanol–water partition coefficient (Wildman–Crippen LogP) is -6.99. The van der Waals surface area contributed by atoms with E-state index in [0.717, 1.165) is 0 Å². The Hall–Kier alpha value is -0.720. The monoisotopic (exact) mass is 616 g/mol. The largest absolute Gasteiger partial charge is 0.396 e. The second kappa shape index (κ2) is 13.7. The smallest absolute Gasteiger partial charge is 0.187 e. The Morgan fingerprint density at radius 1 is 0.667 bits per heavy atom. The molecule has 0 aromatic rings. The maximum atomic E-state index is 11.1. The van der Waals surface area contributed by atoms with Gasteiger partial charge in [0, 0.05) is 6.61 Å². The van der Waals surface area contributed by atoms with E-state index in [4.69, 9.17) is 43.0 Å². The Labute approximate surface area is 239 Å². The SMILES string of the molecule is OCC[C@H](O)[C@H](O)[C@@H](O)CO[C@@H]1C2COC1C(O)[C@H](O[C@@H]1C(O)[C@H](O[C@@H]3C4COC3C(O)C(O)O4)O[C@H](CO)C1O)O2. The predicted molar refractivity (Wildman–Crippen MR) is 128 cm³/mol. The van der Waals surface area contributed by atoms with E-state index in [1.54, 1.807) is 0 Å². The summed E-state index contributed by atoms with van der Waals surface area (Å²) in [5, 5.41) is 101. The van der Waals surface area contributed by atoms with Crippen LogP contribution in [0, 0.1) is 0 Å². The summed E-state index contributed by atoms with van der Waals surface area (Å²) in [5.41, 5.74) is 0. The molecule has 0 aliphatic carbocycles. The van der Waals surface area contributed by atoms with Gasteiger partial charge in [-0.15, -0.1) is 0 Å². The van der Waals surface area contributed by atoms with Crippen LogP contribution >= 0.6 is 0 Å². The Morgan fingerprint density at radius 2 is 1.29 bits per heavy atom. The van der Waals surface area contributed by atoms with E-state index in [1.165, 1.54) is 0 Å². The standard InChI is InChI=1S/C24H40O18/c25-2-1-7(27)12(29)8(28)4-35-17-10-5-37-21(17)16(33)24(40-10)42-19-13(30)9(3-26)39-23(15(19)32)41-18-11-6-36-20(18)14(31)22(34)38-11/h7-34H,1-6H2/t7-,8-,9+,10?,11?,12-,13?,14?,15?,16?,17+,18+,19-,20?,21?,22?,23-,24-/m0/s1. The number of ether oxygens (including phenoxy) is 8. The van der Waals surface area contributed by atoms with Crippen LogP contribution < -0.4 is 0 Å². The quantitative estimate of drug-likeness (QED) is 0.0975. The lowest BCUT2D eigenvalue weighted by Crippen LogP contribution is -2.65. The van der Waals surface area contributed by atoms with E-state index in [-0.39, 0.29) is 19.6 Å². The first kappa shape index (κ1) is 32.7. The number of fused-ring (bicyclic) bond motifs is 4. The van der Waals surface area contributed by atoms with Crippen LogP contribution in [0.4, 0.5) is 0 Å². The molecular weight excluding hydrogens is 576 g/mol. The van der Waals surface area contributed by atoms with Crippen molar-refractivity contribution in [2.45, 2.75) is 117 Å². The molecule has 5 heterocycles. The molecule has 0 amide bonds. The van der Waals surface area contributed by atoms with Crippen LogP contribution in [0.5, 0.6) is 0 Å². The van der Waals surface area contributed by atoms with Gasteiger partial charge in [0.25, 0.3) is 0 Å². The molecule has 5 saturated heterocycles. The lowest BCUT2D eigenvalue weighted by atomic mass is 9.97. The molecule has 0 spiro atoms. The van der Waals surface area contributed by atoms with Crippen molar-refractivity contribution < 1.29 is 89.0 Å². The highest BCUT2D eigenvalue weighted by molar-refractivity contribution is 5.00. The number of hydrogen-bond donors (Lipinski definition) is 10. The lowest BCUT2D eigenvalue weighted by molar-refractivity contribution is -0.364. The van der Waals surface area contributed by atoms with E-state index >= 15 is 0 Å². The van der Waals surface area contributed by atoms with E-state index in [2.05, 4.69) is 0 Å². The molecule has 5 aliphatic rings. The summed E-state index contributed by atoms with van der Waals surface area (Å²) in [6, 6.07) is 0. The van der Waals surface area contributed by atoms with Gasteiger partial charge in [0.05, 0.1) is 32.5 Å². The Balaban J connectivity index is 1.21. The van der Waals surface area contributed by atoms with Gasteiger partial charge in [0.2, 0.25) is 0 Å². The van der Waals surface area contributed by atoms with Crippen LogP contribution in [-0.4, -0.2) is 195 Å². The third kappa shape index (κ3) is 6.34.